The Balaban J connectivity index is 1.81. The molecular weight excluding hydrogens is 310 g/mol. The predicted molar refractivity (Wildman–Crippen MR) is 102 cm³/mol. The van der Waals surface area contributed by atoms with Crippen molar-refractivity contribution in [1.29, 1.82) is 0 Å². The minimum atomic E-state index is -0.187. The van der Waals surface area contributed by atoms with Gasteiger partial charge in [-0.15, -0.1) is 0 Å². The van der Waals surface area contributed by atoms with Crippen molar-refractivity contribution < 1.29 is 9.53 Å². The second kappa shape index (κ2) is 7.56. The number of esters is 1. The molecule has 0 aliphatic heterocycles. The largest absolute Gasteiger partial charge is 0.462 e. The standard InChI is InChI=1S/C22H25NO2/c1-3-4-5-14-25-22(24)21-19(16-8-6-15(2)7-9-16)20(21)17-10-12-18(23)13-11-17/h6-13,19H,3-5,14,23H2,1-2H3. The maximum atomic E-state index is 12.6. The van der Waals surface area contributed by atoms with Crippen LogP contribution in [0.2, 0.25) is 0 Å². The van der Waals surface area contributed by atoms with Crippen molar-refractivity contribution in [3.63, 3.8) is 0 Å². The molecule has 0 saturated carbocycles. The number of benzene rings is 2. The highest BCUT2D eigenvalue weighted by atomic mass is 16.5. The fourth-order valence-corrected chi connectivity index (χ4v) is 3.12. The molecule has 0 heterocycles. The average molecular weight is 335 g/mol. The summed E-state index contributed by atoms with van der Waals surface area (Å²) < 4.78 is 5.50. The average Bonchev–Trinajstić information content (AvgIpc) is 3.35. The molecule has 3 rings (SSSR count). The Hall–Kier alpha value is -2.55. The molecule has 1 unspecified atom stereocenters. The second-order valence-electron chi connectivity index (χ2n) is 6.64. The van der Waals surface area contributed by atoms with Crippen LogP contribution in [0.1, 0.15) is 48.8 Å². The highest BCUT2D eigenvalue weighted by molar-refractivity contribution is 6.13. The lowest BCUT2D eigenvalue weighted by molar-refractivity contribution is -0.138. The van der Waals surface area contributed by atoms with Gasteiger partial charge in [-0.25, -0.2) is 4.79 Å². The highest BCUT2D eigenvalue weighted by Gasteiger charge is 2.44. The molecule has 1 aliphatic rings. The Morgan fingerprint density at radius 1 is 1.04 bits per heavy atom. The molecule has 0 amide bonds. The van der Waals surface area contributed by atoms with Gasteiger partial charge in [0.2, 0.25) is 0 Å². The lowest BCUT2D eigenvalue weighted by atomic mass is 10.0. The third-order valence-electron chi connectivity index (χ3n) is 4.62. The smallest absolute Gasteiger partial charge is 0.335 e. The van der Waals surface area contributed by atoms with E-state index in [9.17, 15) is 4.79 Å². The van der Waals surface area contributed by atoms with Crippen LogP contribution in [0.5, 0.6) is 0 Å². The lowest BCUT2D eigenvalue weighted by Crippen LogP contribution is -2.05. The van der Waals surface area contributed by atoms with Crippen molar-refractivity contribution in [2.45, 2.75) is 39.0 Å². The van der Waals surface area contributed by atoms with Crippen LogP contribution in [0.25, 0.3) is 5.57 Å². The molecule has 1 aliphatic carbocycles. The van der Waals surface area contributed by atoms with E-state index in [2.05, 4.69) is 38.1 Å². The molecule has 0 aromatic heterocycles. The normalized spacial score (nSPS) is 16.0. The van der Waals surface area contributed by atoms with Gasteiger partial charge in [0.15, 0.2) is 0 Å². The van der Waals surface area contributed by atoms with Gasteiger partial charge in [0.25, 0.3) is 0 Å². The van der Waals surface area contributed by atoms with Gasteiger partial charge in [-0.1, -0.05) is 61.7 Å². The number of hydrogen-bond donors (Lipinski definition) is 1. The molecule has 3 heteroatoms. The van der Waals surface area contributed by atoms with Crippen molar-refractivity contribution in [3.05, 3.63) is 70.8 Å². The number of allylic oxidation sites excluding steroid dienone is 1. The molecule has 130 valence electrons. The number of carbonyl (C=O) groups excluding carboxylic acids is 1. The summed E-state index contributed by atoms with van der Waals surface area (Å²) in [4.78, 5) is 12.6. The molecule has 25 heavy (non-hydrogen) atoms. The third kappa shape index (κ3) is 3.93. The number of carbonyl (C=O) groups is 1. The van der Waals surface area contributed by atoms with Crippen LogP contribution in [0, 0.1) is 6.92 Å². The van der Waals surface area contributed by atoms with Crippen LogP contribution in [-0.2, 0) is 9.53 Å². The topological polar surface area (TPSA) is 52.3 Å². The van der Waals surface area contributed by atoms with E-state index < -0.39 is 0 Å². The zero-order valence-corrected chi connectivity index (χ0v) is 14.9. The van der Waals surface area contributed by atoms with Crippen LogP contribution in [0.15, 0.2) is 54.1 Å². The van der Waals surface area contributed by atoms with E-state index >= 15 is 0 Å². The minimum Gasteiger partial charge on any atom is -0.462 e. The van der Waals surface area contributed by atoms with Crippen molar-refractivity contribution >= 4 is 17.2 Å². The van der Waals surface area contributed by atoms with E-state index in [0.29, 0.717) is 6.61 Å². The first kappa shape index (κ1) is 17.3. The van der Waals surface area contributed by atoms with E-state index in [1.165, 1.54) is 5.56 Å². The van der Waals surface area contributed by atoms with Gasteiger partial charge in [-0.3, -0.25) is 0 Å². The van der Waals surface area contributed by atoms with Gasteiger partial charge in [0.05, 0.1) is 12.2 Å². The fourth-order valence-electron chi connectivity index (χ4n) is 3.12. The molecule has 0 saturated heterocycles. The van der Waals surface area contributed by atoms with Gasteiger partial charge in [-0.2, -0.15) is 0 Å². The molecule has 2 N–H and O–H groups in total. The van der Waals surface area contributed by atoms with Gasteiger partial charge < -0.3 is 10.5 Å². The summed E-state index contributed by atoms with van der Waals surface area (Å²) in [5, 5.41) is 0. The van der Waals surface area contributed by atoms with Crippen molar-refractivity contribution in [2.24, 2.45) is 0 Å². The van der Waals surface area contributed by atoms with Crippen LogP contribution in [0.4, 0.5) is 5.69 Å². The Morgan fingerprint density at radius 2 is 1.72 bits per heavy atom. The van der Waals surface area contributed by atoms with Crippen molar-refractivity contribution in [3.8, 4) is 0 Å². The SMILES string of the molecule is CCCCCOC(=O)C1=C(c2ccc(N)cc2)C1c1ccc(C)cc1. The molecule has 0 radical (unpaired) electrons. The van der Waals surface area contributed by atoms with Gasteiger partial charge >= 0.3 is 5.97 Å². The van der Waals surface area contributed by atoms with Gasteiger partial charge in [-0.05, 0) is 42.2 Å². The molecular formula is C22H25NO2. The lowest BCUT2D eigenvalue weighted by Gasteiger charge is -2.05. The highest BCUT2D eigenvalue weighted by Crippen LogP contribution is 2.54. The minimum absolute atomic E-state index is 0.0305. The first-order chi connectivity index (χ1) is 12.1. The quantitative estimate of drug-likeness (QED) is 0.446. The second-order valence-corrected chi connectivity index (χ2v) is 6.64. The molecule has 0 bridgehead atoms. The summed E-state index contributed by atoms with van der Waals surface area (Å²) >= 11 is 0. The van der Waals surface area contributed by atoms with Crippen molar-refractivity contribution in [1.82, 2.24) is 0 Å². The number of anilines is 1. The van der Waals surface area contributed by atoms with Crippen LogP contribution in [0.3, 0.4) is 0 Å². The molecule has 2 aromatic rings. The van der Waals surface area contributed by atoms with Crippen LogP contribution >= 0.6 is 0 Å². The number of nitrogen functional groups attached to an aromatic ring is 1. The fraction of sp³-hybridized carbons (Fsp3) is 0.318. The summed E-state index contributed by atoms with van der Waals surface area (Å²) in [5.74, 6) is -0.156. The number of hydrogen-bond acceptors (Lipinski definition) is 3. The summed E-state index contributed by atoms with van der Waals surface area (Å²) in [6, 6.07) is 16.0. The first-order valence-corrected chi connectivity index (χ1v) is 8.95. The number of rotatable bonds is 7. The maximum absolute atomic E-state index is 12.6. The monoisotopic (exact) mass is 335 g/mol. The van der Waals surface area contributed by atoms with E-state index in [1.54, 1.807) is 0 Å². The Morgan fingerprint density at radius 3 is 2.36 bits per heavy atom. The molecule has 0 spiro atoms. The molecule has 0 fully saturated rings. The molecule has 3 nitrogen and oxygen atoms in total. The Labute approximate surface area is 149 Å². The zero-order chi connectivity index (χ0) is 17.8. The summed E-state index contributed by atoms with van der Waals surface area (Å²) in [6.45, 7) is 4.69. The number of aryl methyl sites for hydroxylation is 1. The van der Waals surface area contributed by atoms with Crippen molar-refractivity contribution in [2.75, 3.05) is 12.3 Å². The molecule has 1 atom stereocenters. The summed E-state index contributed by atoms with van der Waals surface area (Å²) in [5.41, 5.74) is 11.7. The number of ether oxygens (including phenoxy) is 1. The van der Waals surface area contributed by atoms with Crippen LogP contribution < -0.4 is 5.73 Å². The summed E-state index contributed by atoms with van der Waals surface area (Å²) in [7, 11) is 0. The van der Waals surface area contributed by atoms with E-state index in [1.807, 2.05) is 24.3 Å². The van der Waals surface area contributed by atoms with Gasteiger partial charge in [0, 0.05) is 11.6 Å². The third-order valence-corrected chi connectivity index (χ3v) is 4.62. The predicted octanol–water partition coefficient (Wildman–Crippen LogP) is 4.86. The van der Waals surface area contributed by atoms with Gasteiger partial charge in [0.1, 0.15) is 0 Å². The van der Waals surface area contributed by atoms with E-state index in [-0.39, 0.29) is 11.9 Å². The summed E-state index contributed by atoms with van der Waals surface area (Å²) in [6.07, 6.45) is 3.11. The maximum Gasteiger partial charge on any atom is 0.335 e. The zero-order valence-electron chi connectivity index (χ0n) is 14.9. The molecule has 2 aromatic carbocycles. The Bertz CT molecular complexity index is 773. The number of unbranched alkanes of at least 4 members (excludes halogenated alkanes) is 2. The number of nitrogens with two attached hydrogens (primary N) is 1. The van der Waals surface area contributed by atoms with E-state index in [4.69, 9.17) is 10.5 Å². The first-order valence-electron chi connectivity index (χ1n) is 8.95. The van der Waals surface area contributed by atoms with E-state index in [0.717, 1.165) is 47.2 Å². The Kier molecular flexibility index (Phi) is 5.22. The van der Waals surface area contributed by atoms with Crippen LogP contribution in [-0.4, -0.2) is 12.6 Å².